The minimum absolute atomic E-state index is 0.0652. The Kier molecular flexibility index (Phi) is 5.53. The van der Waals surface area contributed by atoms with E-state index in [1.165, 1.54) is 5.57 Å². The van der Waals surface area contributed by atoms with Gasteiger partial charge in [0.15, 0.2) is 0 Å². The number of hydrogen-bond donors (Lipinski definition) is 3. The van der Waals surface area contributed by atoms with Crippen LogP contribution in [0.2, 0.25) is 0 Å². The molecular formula is C20H23NO3. The Bertz CT molecular complexity index is 788. The van der Waals surface area contributed by atoms with Crippen molar-refractivity contribution < 1.29 is 14.9 Å². The fraction of sp³-hybridized carbons (Fsp3) is 0.200. The third kappa shape index (κ3) is 4.32. The van der Waals surface area contributed by atoms with Crippen molar-refractivity contribution in [3.8, 4) is 17.2 Å². The molecule has 4 nitrogen and oxygen atoms in total. The van der Waals surface area contributed by atoms with Crippen LogP contribution in [0.1, 0.15) is 30.5 Å². The van der Waals surface area contributed by atoms with Crippen LogP contribution in [0.4, 0.5) is 5.69 Å². The number of allylic oxidation sites excluding steroid dienone is 2. The van der Waals surface area contributed by atoms with Gasteiger partial charge in [-0.3, -0.25) is 0 Å². The number of rotatable bonds is 5. The Morgan fingerprint density at radius 3 is 2.50 bits per heavy atom. The topological polar surface area (TPSA) is 75.7 Å². The second-order valence-corrected chi connectivity index (χ2v) is 5.85. The number of nitrogens with two attached hydrogens (primary N) is 1. The molecule has 0 bridgehead atoms. The molecule has 0 saturated heterocycles. The van der Waals surface area contributed by atoms with Crippen molar-refractivity contribution in [2.75, 3.05) is 12.8 Å². The summed E-state index contributed by atoms with van der Waals surface area (Å²) in [5.41, 5.74) is 9.99. The first-order chi connectivity index (χ1) is 11.4. The molecule has 0 fully saturated rings. The van der Waals surface area contributed by atoms with E-state index in [1.807, 2.05) is 26.0 Å². The SMILES string of the molecule is COc1cc(O)cc(/C=C/c2ccc(O)c(N)c2)c1CC=C(C)C. The van der Waals surface area contributed by atoms with Crippen LogP contribution in [-0.2, 0) is 6.42 Å². The maximum absolute atomic E-state index is 9.92. The molecular weight excluding hydrogens is 302 g/mol. The molecule has 0 unspecified atom stereocenters. The molecule has 24 heavy (non-hydrogen) atoms. The average molecular weight is 325 g/mol. The molecule has 0 saturated carbocycles. The lowest BCUT2D eigenvalue weighted by molar-refractivity contribution is 0.403. The number of phenols is 2. The standard InChI is InChI=1S/C20H23NO3/c1-13(2)4-8-17-15(11-16(22)12-20(17)24-3)7-5-14-6-9-19(23)18(21)10-14/h4-7,9-12,22-23H,8,21H2,1-3H3/b7-5+. The molecule has 2 aromatic carbocycles. The van der Waals surface area contributed by atoms with Crippen molar-refractivity contribution in [2.24, 2.45) is 0 Å². The molecule has 0 amide bonds. The predicted molar refractivity (Wildman–Crippen MR) is 99.2 cm³/mol. The summed E-state index contributed by atoms with van der Waals surface area (Å²) in [7, 11) is 1.59. The van der Waals surface area contributed by atoms with Gasteiger partial charge in [-0.1, -0.05) is 29.9 Å². The number of anilines is 1. The van der Waals surface area contributed by atoms with Crippen LogP contribution >= 0.6 is 0 Å². The van der Waals surface area contributed by atoms with E-state index in [2.05, 4.69) is 6.08 Å². The van der Waals surface area contributed by atoms with Gasteiger partial charge in [0.1, 0.15) is 17.2 Å². The van der Waals surface area contributed by atoms with E-state index in [1.54, 1.807) is 37.4 Å². The molecule has 4 N–H and O–H groups in total. The van der Waals surface area contributed by atoms with Crippen molar-refractivity contribution in [3.63, 3.8) is 0 Å². The summed E-state index contributed by atoms with van der Waals surface area (Å²) in [6.07, 6.45) is 6.62. The van der Waals surface area contributed by atoms with E-state index in [0.29, 0.717) is 17.9 Å². The van der Waals surface area contributed by atoms with Crippen LogP contribution in [0, 0.1) is 0 Å². The molecule has 0 aliphatic carbocycles. The zero-order chi connectivity index (χ0) is 17.7. The third-order valence-electron chi connectivity index (χ3n) is 3.67. The summed E-state index contributed by atoms with van der Waals surface area (Å²) in [4.78, 5) is 0. The average Bonchev–Trinajstić information content (AvgIpc) is 2.54. The second-order valence-electron chi connectivity index (χ2n) is 5.85. The Morgan fingerprint density at radius 2 is 1.88 bits per heavy atom. The van der Waals surface area contributed by atoms with E-state index >= 15 is 0 Å². The highest BCUT2D eigenvalue weighted by Crippen LogP contribution is 2.31. The van der Waals surface area contributed by atoms with E-state index in [4.69, 9.17) is 10.5 Å². The number of methoxy groups -OCH3 is 1. The molecule has 0 atom stereocenters. The molecule has 126 valence electrons. The Labute approximate surface area is 142 Å². The van der Waals surface area contributed by atoms with Crippen molar-refractivity contribution in [3.05, 3.63) is 58.7 Å². The van der Waals surface area contributed by atoms with Gasteiger partial charge >= 0.3 is 0 Å². The van der Waals surface area contributed by atoms with E-state index in [9.17, 15) is 10.2 Å². The van der Waals surface area contributed by atoms with Crippen molar-refractivity contribution in [1.29, 1.82) is 0 Å². The Morgan fingerprint density at radius 1 is 1.12 bits per heavy atom. The van der Waals surface area contributed by atoms with Crippen LogP contribution in [0.5, 0.6) is 17.2 Å². The molecule has 2 aromatic rings. The van der Waals surface area contributed by atoms with Gasteiger partial charge in [0.25, 0.3) is 0 Å². The monoisotopic (exact) mass is 325 g/mol. The first-order valence-corrected chi connectivity index (χ1v) is 7.70. The number of ether oxygens (including phenoxy) is 1. The summed E-state index contributed by atoms with van der Waals surface area (Å²) in [6, 6.07) is 8.35. The summed E-state index contributed by atoms with van der Waals surface area (Å²) in [5.74, 6) is 0.866. The van der Waals surface area contributed by atoms with Gasteiger partial charge < -0.3 is 20.7 Å². The van der Waals surface area contributed by atoms with Gasteiger partial charge in [0.05, 0.1) is 12.8 Å². The lowest BCUT2D eigenvalue weighted by Gasteiger charge is -2.12. The van der Waals surface area contributed by atoms with Crippen LogP contribution in [0.3, 0.4) is 0 Å². The second kappa shape index (κ2) is 7.59. The fourth-order valence-electron chi connectivity index (χ4n) is 2.37. The number of hydrogen-bond acceptors (Lipinski definition) is 4. The highest BCUT2D eigenvalue weighted by atomic mass is 16.5. The Balaban J connectivity index is 2.43. The summed E-state index contributed by atoms with van der Waals surface area (Å²) in [5, 5.41) is 19.4. The van der Waals surface area contributed by atoms with E-state index < -0.39 is 0 Å². The maximum Gasteiger partial charge on any atom is 0.138 e. The van der Waals surface area contributed by atoms with Gasteiger partial charge in [0, 0.05) is 11.6 Å². The van der Waals surface area contributed by atoms with Gasteiger partial charge in [-0.2, -0.15) is 0 Å². The first-order valence-electron chi connectivity index (χ1n) is 7.70. The van der Waals surface area contributed by atoms with Crippen molar-refractivity contribution >= 4 is 17.8 Å². The van der Waals surface area contributed by atoms with Crippen molar-refractivity contribution in [2.45, 2.75) is 20.3 Å². The summed E-state index contributed by atoms with van der Waals surface area (Å²) < 4.78 is 5.41. The molecule has 0 radical (unpaired) electrons. The largest absolute Gasteiger partial charge is 0.508 e. The van der Waals surface area contributed by atoms with Crippen LogP contribution in [0.25, 0.3) is 12.2 Å². The zero-order valence-electron chi connectivity index (χ0n) is 14.2. The lowest BCUT2D eigenvalue weighted by Crippen LogP contribution is -1.95. The highest BCUT2D eigenvalue weighted by Gasteiger charge is 2.09. The molecule has 4 heteroatoms. The normalized spacial score (nSPS) is 10.8. The molecule has 0 aromatic heterocycles. The lowest BCUT2D eigenvalue weighted by atomic mass is 10.00. The quantitative estimate of drug-likeness (QED) is 0.330. The highest BCUT2D eigenvalue weighted by molar-refractivity contribution is 5.75. The maximum atomic E-state index is 9.92. The van der Waals surface area contributed by atoms with Gasteiger partial charge in [-0.25, -0.2) is 0 Å². The molecule has 0 aliphatic heterocycles. The molecule has 0 spiro atoms. The van der Waals surface area contributed by atoms with Crippen LogP contribution < -0.4 is 10.5 Å². The van der Waals surface area contributed by atoms with Gasteiger partial charge in [0.2, 0.25) is 0 Å². The summed E-state index contributed by atoms with van der Waals surface area (Å²) in [6.45, 7) is 4.09. The molecule has 2 rings (SSSR count). The first kappa shape index (κ1) is 17.5. The minimum Gasteiger partial charge on any atom is -0.508 e. The summed E-state index contributed by atoms with van der Waals surface area (Å²) >= 11 is 0. The van der Waals surface area contributed by atoms with Crippen molar-refractivity contribution in [1.82, 2.24) is 0 Å². The van der Waals surface area contributed by atoms with Gasteiger partial charge in [-0.05, 0) is 49.6 Å². The third-order valence-corrected chi connectivity index (χ3v) is 3.67. The number of nitrogen functional groups attached to an aromatic ring is 1. The minimum atomic E-state index is 0.0652. The number of benzene rings is 2. The molecule has 0 heterocycles. The fourth-order valence-corrected chi connectivity index (χ4v) is 2.37. The number of aromatic hydroxyl groups is 2. The molecule has 0 aliphatic rings. The van der Waals surface area contributed by atoms with Crippen LogP contribution in [-0.4, -0.2) is 17.3 Å². The van der Waals surface area contributed by atoms with Gasteiger partial charge in [-0.15, -0.1) is 0 Å². The van der Waals surface area contributed by atoms with Crippen LogP contribution in [0.15, 0.2) is 42.0 Å². The van der Waals surface area contributed by atoms with E-state index in [0.717, 1.165) is 16.7 Å². The Hall–Kier alpha value is -2.88. The number of phenolic OH excluding ortho intramolecular Hbond substituents is 2. The predicted octanol–water partition coefficient (Wildman–Crippen LogP) is 4.37. The zero-order valence-corrected chi connectivity index (χ0v) is 14.2. The smallest absolute Gasteiger partial charge is 0.138 e. The van der Waals surface area contributed by atoms with E-state index in [-0.39, 0.29) is 11.5 Å².